The van der Waals surface area contributed by atoms with E-state index in [1.807, 2.05) is 6.20 Å². The minimum absolute atomic E-state index is 0.586. The Morgan fingerprint density at radius 2 is 2.38 bits per heavy atom. The van der Waals surface area contributed by atoms with Crippen molar-refractivity contribution in [2.45, 2.75) is 6.42 Å². The lowest BCUT2D eigenvalue weighted by atomic mass is 9.97. The molecule has 2 aliphatic rings. The fourth-order valence-electron chi connectivity index (χ4n) is 2.06. The van der Waals surface area contributed by atoms with E-state index in [1.54, 1.807) is 0 Å². The summed E-state index contributed by atoms with van der Waals surface area (Å²) in [5.41, 5.74) is 2.60. The molecule has 0 aromatic carbocycles. The summed E-state index contributed by atoms with van der Waals surface area (Å²) in [5, 5.41) is 3.10. The minimum atomic E-state index is 0.586. The zero-order valence-electron chi connectivity index (χ0n) is 7.59. The molecule has 1 fully saturated rings. The number of nitrogens with one attached hydrogen (secondary N) is 1. The first-order valence-electron chi connectivity index (χ1n) is 4.57. The van der Waals surface area contributed by atoms with Gasteiger partial charge in [-0.1, -0.05) is 24.7 Å². The fourth-order valence-corrected chi connectivity index (χ4v) is 2.06. The highest BCUT2D eigenvalue weighted by atomic mass is 14.8. The van der Waals surface area contributed by atoms with Crippen LogP contribution < -0.4 is 5.32 Å². The lowest BCUT2D eigenvalue weighted by Gasteiger charge is -2.11. The highest BCUT2D eigenvalue weighted by molar-refractivity contribution is 5.46. The van der Waals surface area contributed by atoms with Crippen molar-refractivity contribution in [1.82, 2.24) is 5.32 Å². The van der Waals surface area contributed by atoms with Crippen LogP contribution in [0.15, 0.2) is 36.1 Å². The van der Waals surface area contributed by atoms with Gasteiger partial charge in [-0.15, -0.1) is 6.42 Å². The van der Waals surface area contributed by atoms with Crippen molar-refractivity contribution >= 4 is 0 Å². The summed E-state index contributed by atoms with van der Waals surface area (Å²) in [4.78, 5) is 0. The monoisotopic (exact) mass is 171 g/mol. The van der Waals surface area contributed by atoms with Crippen LogP contribution in [-0.4, -0.2) is 6.54 Å². The predicted octanol–water partition coefficient (Wildman–Crippen LogP) is 1.86. The molecule has 1 heteroatoms. The summed E-state index contributed by atoms with van der Waals surface area (Å²) in [6.07, 6.45) is 12.9. The van der Waals surface area contributed by atoms with Gasteiger partial charge in [-0.3, -0.25) is 0 Å². The molecule has 2 aliphatic carbocycles. The third kappa shape index (κ3) is 1.29. The van der Waals surface area contributed by atoms with Crippen molar-refractivity contribution < 1.29 is 0 Å². The van der Waals surface area contributed by atoms with Crippen molar-refractivity contribution in [2.24, 2.45) is 11.8 Å². The molecule has 13 heavy (non-hydrogen) atoms. The third-order valence-electron chi connectivity index (χ3n) is 2.76. The number of allylic oxidation sites excluding steroid dienone is 4. The average Bonchev–Trinajstić information content (AvgIpc) is 2.69. The van der Waals surface area contributed by atoms with Gasteiger partial charge in [-0.25, -0.2) is 0 Å². The van der Waals surface area contributed by atoms with Crippen LogP contribution in [0.1, 0.15) is 6.42 Å². The Hall–Kier alpha value is -1.42. The summed E-state index contributed by atoms with van der Waals surface area (Å²) in [6, 6.07) is 0. The van der Waals surface area contributed by atoms with Crippen molar-refractivity contribution in [3.63, 3.8) is 0 Å². The van der Waals surface area contributed by atoms with Crippen LogP contribution in [0.25, 0.3) is 0 Å². The van der Waals surface area contributed by atoms with Gasteiger partial charge in [0.05, 0.1) is 6.54 Å². The molecule has 0 heterocycles. The zero-order chi connectivity index (χ0) is 9.26. The third-order valence-corrected chi connectivity index (χ3v) is 2.76. The number of terminal acetylenes is 1. The van der Waals surface area contributed by atoms with E-state index in [1.165, 1.54) is 17.6 Å². The van der Waals surface area contributed by atoms with Gasteiger partial charge in [0.2, 0.25) is 0 Å². The van der Waals surface area contributed by atoms with Crippen LogP contribution in [0.3, 0.4) is 0 Å². The van der Waals surface area contributed by atoms with Gasteiger partial charge < -0.3 is 5.32 Å². The highest BCUT2D eigenvalue weighted by Gasteiger charge is 2.33. The second kappa shape index (κ2) is 3.14. The van der Waals surface area contributed by atoms with Crippen molar-refractivity contribution in [2.75, 3.05) is 6.54 Å². The second-order valence-corrected chi connectivity index (χ2v) is 3.54. The zero-order valence-corrected chi connectivity index (χ0v) is 7.59. The summed E-state index contributed by atoms with van der Waals surface area (Å²) < 4.78 is 0. The number of rotatable bonds is 2. The maximum atomic E-state index is 5.15. The molecule has 0 saturated heterocycles. The molecule has 1 nitrogen and oxygen atoms in total. The molecule has 0 aromatic rings. The standard InChI is InChI=1S/C12H13N/c1-3-6-13-8-12-9(2)10-4-5-11(12)7-10/h1,4-5,8,10-11,13H,2,6-7H2/b12-8-. The van der Waals surface area contributed by atoms with Gasteiger partial charge in [0.25, 0.3) is 0 Å². The van der Waals surface area contributed by atoms with E-state index in [4.69, 9.17) is 6.42 Å². The molecule has 0 aromatic heterocycles. The first-order chi connectivity index (χ1) is 6.33. The Balaban J connectivity index is 2.09. The lowest BCUT2D eigenvalue weighted by Crippen LogP contribution is -2.08. The Bertz CT molecular complexity index is 328. The van der Waals surface area contributed by atoms with Crippen molar-refractivity contribution in [3.8, 4) is 12.3 Å². The minimum Gasteiger partial charge on any atom is -0.380 e. The SMILES string of the molecule is C#CCN/C=C1/C(=C)C2C=CC1C2. The van der Waals surface area contributed by atoms with Crippen molar-refractivity contribution in [1.29, 1.82) is 0 Å². The number of hydrogen-bond donors (Lipinski definition) is 1. The summed E-state index contributed by atoms with van der Waals surface area (Å²) in [6.45, 7) is 4.68. The Morgan fingerprint density at radius 3 is 3.00 bits per heavy atom. The maximum absolute atomic E-state index is 5.15. The lowest BCUT2D eigenvalue weighted by molar-refractivity contribution is 0.734. The van der Waals surface area contributed by atoms with Gasteiger partial charge in [0.15, 0.2) is 0 Å². The normalized spacial score (nSPS) is 32.5. The first-order valence-corrected chi connectivity index (χ1v) is 4.57. The van der Waals surface area contributed by atoms with E-state index in [-0.39, 0.29) is 0 Å². The molecule has 2 rings (SSSR count). The van der Waals surface area contributed by atoms with E-state index in [0.717, 1.165) is 0 Å². The molecule has 0 aliphatic heterocycles. The van der Waals surface area contributed by atoms with Crippen LogP contribution in [-0.2, 0) is 0 Å². The largest absolute Gasteiger partial charge is 0.380 e. The molecule has 0 amide bonds. The van der Waals surface area contributed by atoms with E-state index in [2.05, 4.69) is 30.0 Å². The number of hydrogen-bond acceptors (Lipinski definition) is 1. The van der Waals surface area contributed by atoms with Crippen molar-refractivity contribution in [3.05, 3.63) is 36.1 Å². The van der Waals surface area contributed by atoms with Gasteiger partial charge in [0, 0.05) is 18.0 Å². The van der Waals surface area contributed by atoms with Gasteiger partial charge in [-0.05, 0) is 17.6 Å². The molecule has 0 spiro atoms. The quantitative estimate of drug-likeness (QED) is 0.380. The van der Waals surface area contributed by atoms with Crippen LogP contribution in [0, 0.1) is 24.2 Å². The van der Waals surface area contributed by atoms with Gasteiger partial charge in [-0.2, -0.15) is 0 Å². The molecule has 2 bridgehead atoms. The molecule has 2 atom stereocenters. The molecule has 1 N–H and O–H groups in total. The van der Waals surface area contributed by atoms with E-state index >= 15 is 0 Å². The molecular formula is C12H13N. The highest BCUT2D eigenvalue weighted by Crippen LogP contribution is 2.45. The molecular weight excluding hydrogens is 158 g/mol. The maximum Gasteiger partial charge on any atom is 0.0758 e. The summed E-state index contributed by atoms with van der Waals surface area (Å²) in [7, 11) is 0. The van der Waals surface area contributed by atoms with Crippen LogP contribution in [0.5, 0.6) is 0 Å². The van der Waals surface area contributed by atoms with Crippen LogP contribution in [0.4, 0.5) is 0 Å². The smallest absolute Gasteiger partial charge is 0.0758 e. The van der Waals surface area contributed by atoms with Gasteiger partial charge in [0.1, 0.15) is 0 Å². The Labute approximate surface area is 79.2 Å². The Morgan fingerprint density at radius 1 is 1.62 bits per heavy atom. The van der Waals surface area contributed by atoms with Crippen LogP contribution in [0.2, 0.25) is 0 Å². The first kappa shape index (κ1) is 8.19. The van der Waals surface area contributed by atoms with Crippen LogP contribution >= 0.6 is 0 Å². The molecule has 1 saturated carbocycles. The fraction of sp³-hybridized carbons (Fsp3) is 0.333. The van der Waals surface area contributed by atoms with E-state index < -0.39 is 0 Å². The van der Waals surface area contributed by atoms with E-state index in [0.29, 0.717) is 18.4 Å². The van der Waals surface area contributed by atoms with Gasteiger partial charge >= 0.3 is 0 Å². The van der Waals surface area contributed by atoms with E-state index in [9.17, 15) is 0 Å². The predicted molar refractivity (Wildman–Crippen MR) is 54.8 cm³/mol. The summed E-state index contributed by atoms with van der Waals surface area (Å²) in [5.74, 6) is 3.72. The second-order valence-electron chi connectivity index (χ2n) is 3.54. The average molecular weight is 171 g/mol. The summed E-state index contributed by atoms with van der Waals surface area (Å²) >= 11 is 0. The molecule has 66 valence electrons. The Kier molecular flexibility index (Phi) is 1.98. The molecule has 2 unspecified atom stereocenters. The molecule has 0 radical (unpaired) electrons. The number of fused-ring (bicyclic) bond motifs is 2. The topological polar surface area (TPSA) is 12.0 Å².